The average Bonchev–Trinajstić information content (AvgIpc) is 2.96. The smallest absolute Gasteiger partial charge is 0.277 e. The number of aryl methyl sites for hydroxylation is 1. The fourth-order valence-electron chi connectivity index (χ4n) is 1.69. The van der Waals surface area contributed by atoms with Crippen molar-refractivity contribution in [2.24, 2.45) is 0 Å². The summed E-state index contributed by atoms with van der Waals surface area (Å²) in [6, 6.07) is 7.83. The van der Waals surface area contributed by atoms with Gasteiger partial charge in [0.15, 0.2) is 0 Å². The molecule has 0 aliphatic carbocycles. The molecule has 2 aromatic rings. The van der Waals surface area contributed by atoms with E-state index >= 15 is 0 Å². The van der Waals surface area contributed by atoms with Crippen molar-refractivity contribution in [2.45, 2.75) is 24.3 Å². The second-order valence-electron chi connectivity index (χ2n) is 4.78. The average molecular weight is 321 g/mol. The molecular weight excluding hydrogens is 302 g/mol. The summed E-state index contributed by atoms with van der Waals surface area (Å²) in [5, 5.41) is 10.8. The van der Waals surface area contributed by atoms with E-state index in [0.717, 1.165) is 5.56 Å². The monoisotopic (exact) mass is 321 g/mol. The van der Waals surface area contributed by atoms with Crippen LogP contribution in [0.2, 0.25) is 0 Å². The zero-order valence-corrected chi connectivity index (χ0v) is 13.6. The quantitative estimate of drug-likeness (QED) is 0.623. The number of aromatic nitrogens is 2. The molecule has 0 bridgehead atoms. The zero-order chi connectivity index (χ0) is 15.9. The number of methoxy groups -OCH3 is 1. The second-order valence-corrected chi connectivity index (χ2v) is 6.08. The third kappa shape index (κ3) is 4.57. The van der Waals surface area contributed by atoms with E-state index < -0.39 is 0 Å². The summed E-state index contributed by atoms with van der Waals surface area (Å²) in [5.74, 6) is 0.367. The van der Waals surface area contributed by atoms with E-state index in [1.807, 2.05) is 31.2 Å². The van der Waals surface area contributed by atoms with Crippen LogP contribution in [-0.4, -0.2) is 41.6 Å². The largest absolute Gasteiger partial charge is 0.411 e. The van der Waals surface area contributed by atoms with E-state index in [1.165, 1.54) is 17.3 Å². The molecule has 2 rings (SSSR count). The van der Waals surface area contributed by atoms with Gasteiger partial charge in [-0.15, -0.1) is 10.2 Å². The molecule has 0 aliphatic heterocycles. The Morgan fingerprint density at radius 3 is 2.77 bits per heavy atom. The van der Waals surface area contributed by atoms with Gasteiger partial charge in [-0.3, -0.25) is 4.79 Å². The van der Waals surface area contributed by atoms with E-state index in [-0.39, 0.29) is 11.2 Å². The van der Waals surface area contributed by atoms with Gasteiger partial charge >= 0.3 is 0 Å². The molecule has 118 valence electrons. The number of thioether (sulfide) groups is 1. The topological polar surface area (TPSA) is 77.2 Å². The van der Waals surface area contributed by atoms with E-state index in [9.17, 15) is 4.79 Å². The van der Waals surface area contributed by atoms with Gasteiger partial charge in [-0.2, -0.15) is 0 Å². The highest BCUT2D eigenvalue weighted by Gasteiger charge is 2.18. The first-order valence-electron chi connectivity index (χ1n) is 6.94. The molecule has 6 nitrogen and oxygen atoms in total. The highest BCUT2D eigenvalue weighted by molar-refractivity contribution is 8.00. The van der Waals surface area contributed by atoms with E-state index in [0.29, 0.717) is 24.3 Å². The molecule has 0 saturated heterocycles. The van der Waals surface area contributed by atoms with Gasteiger partial charge < -0.3 is 14.5 Å². The van der Waals surface area contributed by atoms with Crippen LogP contribution in [-0.2, 0) is 9.53 Å². The summed E-state index contributed by atoms with van der Waals surface area (Å²) in [7, 11) is 1.59. The van der Waals surface area contributed by atoms with Crippen LogP contribution < -0.4 is 5.32 Å². The summed E-state index contributed by atoms with van der Waals surface area (Å²) in [4.78, 5) is 11.9. The molecule has 0 aliphatic rings. The maximum Gasteiger partial charge on any atom is 0.277 e. The molecule has 22 heavy (non-hydrogen) atoms. The van der Waals surface area contributed by atoms with Crippen molar-refractivity contribution in [3.63, 3.8) is 0 Å². The van der Waals surface area contributed by atoms with Crippen molar-refractivity contribution in [3.8, 4) is 11.5 Å². The van der Waals surface area contributed by atoms with Crippen LogP contribution in [0.25, 0.3) is 11.5 Å². The lowest BCUT2D eigenvalue weighted by Gasteiger charge is -2.08. The van der Waals surface area contributed by atoms with Gasteiger partial charge in [0.25, 0.3) is 5.22 Å². The van der Waals surface area contributed by atoms with Crippen molar-refractivity contribution < 1.29 is 13.9 Å². The first-order valence-corrected chi connectivity index (χ1v) is 7.82. The van der Waals surface area contributed by atoms with Crippen molar-refractivity contribution in [2.75, 3.05) is 20.3 Å². The maximum atomic E-state index is 11.9. The lowest BCUT2D eigenvalue weighted by Crippen LogP contribution is -2.33. The Bertz CT molecular complexity index is 613. The summed E-state index contributed by atoms with van der Waals surface area (Å²) in [6.45, 7) is 4.78. The summed E-state index contributed by atoms with van der Waals surface area (Å²) < 4.78 is 10.5. The minimum atomic E-state index is -0.317. The van der Waals surface area contributed by atoms with Crippen LogP contribution in [0.1, 0.15) is 12.5 Å². The summed E-state index contributed by atoms with van der Waals surface area (Å²) in [5.41, 5.74) is 2.03. The molecule has 0 spiro atoms. The van der Waals surface area contributed by atoms with Gasteiger partial charge in [-0.1, -0.05) is 29.5 Å². The summed E-state index contributed by atoms with van der Waals surface area (Å²) >= 11 is 1.24. The van der Waals surface area contributed by atoms with Crippen LogP contribution in [0, 0.1) is 6.92 Å². The highest BCUT2D eigenvalue weighted by Crippen LogP contribution is 2.26. The number of hydrogen-bond donors (Lipinski definition) is 1. The number of carbonyl (C=O) groups excluding carboxylic acids is 1. The maximum absolute atomic E-state index is 11.9. The van der Waals surface area contributed by atoms with Crippen molar-refractivity contribution in [1.82, 2.24) is 15.5 Å². The second kappa shape index (κ2) is 7.95. The van der Waals surface area contributed by atoms with E-state index in [1.54, 1.807) is 14.0 Å². The number of rotatable bonds is 7. The fourth-order valence-corrected chi connectivity index (χ4v) is 2.40. The van der Waals surface area contributed by atoms with Crippen LogP contribution in [0.15, 0.2) is 33.9 Å². The van der Waals surface area contributed by atoms with Gasteiger partial charge in [0.2, 0.25) is 11.8 Å². The molecular formula is C15H19N3O3S. The molecule has 1 heterocycles. The molecule has 1 atom stereocenters. The minimum absolute atomic E-state index is 0.0860. The lowest BCUT2D eigenvalue weighted by atomic mass is 10.1. The Hall–Kier alpha value is -1.86. The predicted octanol–water partition coefficient (Wildman–Crippen LogP) is 2.29. The third-order valence-corrected chi connectivity index (χ3v) is 3.89. The van der Waals surface area contributed by atoms with Crippen molar-refractivity contribution >= 4 is 17.7 Å². The molecule has 1 aromatic carbocycles. The predicted molar refractivity (Wildman–Crippen MR) is 84.7 cm³/mol. The number of ether oxygens (including phenoxy) is 1. The first kappa shape index (κ1) is 16.5. The van der Waals surface area contributed by atoms with Crippen LogP contribution in [0.3, 0.4) is 0 Å². The third-order valence-electron chi connectivity index (χ3n) is 2.96. The van der Waals surface area contributed by atoms with Gasteiger partial charge in [0.1, 0.15) is 0 Å². The van der Waals surface area contributed by atoms with Gasteiger partial charge in [0, 0.05) is 19.2 Å². The van der Waals surface area contributed by atoms with Crippen LogP contribution in [0.4, 0.5) is 0 Å². The van der Waals surface area contributed by atoms with Gasteiger partial charge in [-0.05, 0) is 26.0 Å². The highest BCUT2D eigenvalue weighted by atomic mass is 32.2. The number of nitrogens with zero attached hydrogens (tertiary/aromatic N) is 2. The Morgan fingerprint density at radius 1 is 1.36 bits per heavy atom. The zero-order valence-electron chi connectivity index (χ0n) is 12.8. The van der Waals surface area contributed by atoms with Crippen molar-refractivity contribution in [1.29, 1.82) is 0 Å². The Kier molecular flexibility index (Phi) is 5.97. The molecule has 0 fully saturated rings. The molecule has 1 N–H and O–H groups in total. The minimum Gasteiger partial charge on any atom is -0.411 e. The number of amides is 1. The number of hydrogen-bond acceptors (Lipinski definition) is 6. The Labute approximate surface area is 133 Å². The summed E-state index contributed by atoms with van der Waals surface area (Å²) in [6.07, 6.45) is 0. The number of nitrogens with one attached hydrogen (secondary N) is 1. The van der Waals surface area contributed by atoms with Gasteiger partial charge in [-0.25, -0.2) is 0 Å². The molecule has 1 amide bonds. The SMILES string of the molecule is COCCNC(=O)[C@H](C)Sc1nnc(-c2ccc(C)cc2)o1. The fraction of sp³-hybridized carbons (Fsp3) is 0.400. The molecule has 0 unspecified atom stereocenters. The molecule has 0 radical (unpaired) electrons. The number of carbonyl (C=O) groups is 1. The van der Waals surface area contributed by atoms with E-state index in [2.05, 4.69) is 15.5 Å². The van der Waals surface area contributed by atoms with Crippen LogP contribution in [0.5, 0.6) is 0 Å². The standard InChI is InChI=1S/C15H19N3O3S/c1-10-4-6-12(7-5-10)14-17-18-15(21-14)22-11(2)13(19)16-8-9-20-3/h4-7,11H,8-9H2,1-3H3,(H,16,19)/t11-/m0/s1. The lowest BCUT2D eigenvalue weighted by molar-refractivity contribution is -0.120. The van der Waals surface area contributed by atoms with Gasteiger partial charge in [0.05, 0.1) is 11.9 Å². The Morgan fingerprint density at radius 2 is 2.09 bits per heavy atom. The van der Waals surface area contributed by atoms with Crippen molar-refractivity contribution in [3.05, 3.63) is 29.8 Å². The van der Waals surface area contributed by atoms with E-state index in [4.69, 9.17) is 9.15 Å². The first-order chi connectivity index (χ1) is 10.6. The molecule has 7 heteroatoms. The molecule has 1 aromatic heterocycles. The molecule has 0 saturated carbocycles. The normalized spacial score (nSPS) is 12.1. The Balaban J connectivity index is 1.94. The number of benzene rings is 1. The van der Waals surface area contributed by atoms with Crippen LogP contribution >= 0.6 is 11.8 Å².